The van der Waals surface area contributed by atoms with Crippen molar-refractivity contribution < 1.29 is 8.42 Å². The van der Waals surface area contributed by atoms with Crippen molar-refractivity contribution in [1.29, 1.82) is 0 Å². The highest BCUT2D eigenvalue weighted by atomic mass is 32.2. The summed E-state index contributed by atoms with van der Waals surface area (Å²) in [6, 6.07) is 3.79. The summed E-state index contributed by atoms with van der Waals surface area (Å²) in [5.74, 6) is 0.0904. The van der Waals surface area contributed by atoms with Crippen LogP contribution < -0.4 is 0 Å². The molecule has 22 heavy (non-hydrogen) atoms. The van der Waals surface area contributed by atoms with Crippen LogP contribution in [0, 0.1) is 0 Å². The molecule has 1 atom stereocenters. The maximum absolute atomic E-state index is 11.7. The normalized spacial score (nSPS) is 20.0. The first kappa shape index (κ1) is 15.1. The molecule has 7 heteroatoms. The van der Waals surface area contributed by atoms with Gasteiger partial charge in [0.1, 0.15) is 0 Å². The lowest BCUT2D eigenvalue weighted by Gasteiger charge is -2.30. The highest BCUT2D eigenvalue weighted by Crippen LogP contribution is 2.27. The molecule has 0 bridgehead atoms. The maximum Gasteiger partial charge on any atom is 0.211 e. The molecule has 0 spiro atoms. The highest BCUT2D eigenvalue weighted by Gasteiger charge is 2.27. The molecule has 0 radical (unpaired) electrons. The van der Waals surface area contributed by atoms with Crippen LogP contribution in [-0.4, -0.2) is 47.0 Å². The van der Waals surface area contributed by atoms with Gasteiger partial charge in [-0.2, -0.15) is 0 Å². The Morgan fingerprint density at radius 3 is 2.82 bits per heavy atom. The first-order chi connectivity index (χ1) is 10.5. The number of hydrogen-bond acceptors (Lipinski definition) is 5. The minimum atomic E-state index is -3.15. The van der Waals surface area contributed by atoms with E-state index in [2.05, 4.69) is 15.0 Å². The van der Waals surface area contributed by atoms with E-state index >= 15 is 0 Å². The van der Waals surface area contributed by atoms with Gasteiger partial charge in [-0.3, -0.25) is 9.97 Å². The van der Waals surface area contributed by atoms with Crippen LogP contribution in [0.4, 0.5) is 0 Å². The van der Waals surface area contributed by atoms with E-state index in [1.165, 1.54) is 10.6 Å². The van der Waals surface area contributed by atoms with Crippen LogP contribution in [0.1, 0.15) is 24.5 Å². The minimum Gasteiger partial charge on any atom is -0.264 e. The highest BCUT2D eigenvalue weighted by molar-refractivity contribution is 7.88. The first-order valence-corrected chi connectivity index (χ1v) is 9.06. The van der Waals surface area contributed by atoms with Crippen molar-refractivity contribution in [2.45, 2.75) is 18.8 Å². The second-order valence-electron chi connectivity index (χ2n) is 5.53. The van der Waals surface area contributed by atoms with E-state index in [4.69, 9.17) is 0 Å². The minimum absolute atomic E-state index is 0.0904. The van der Waals surface area contributed by atoms with Crippen molar-refractivity contribution in [3.05, 3.63) is 42.6 Å². The smallest absolute Gasteiger partial charge is 0.211 e. The van der Waals surface area contributed by atoms with E-state index in [1.54, 1.807) is 24.8 Å². The van der Waals surface area contributed by atoms with E-state index in [-0.39, 0.29) is 5.92 Å². The van der Waals surface area contributed by atoms with Crippen molar-refractivity contribution >= 4 is 10.0 Å². The van der Waals surface area contributed by atoms with Crippen molar-refractivity contribution in [2.75, 3.05) is 19.3 Å². The molecule has 1 saturated heterocycles. The van der Waals surface area contributed by atoms with Gasteiger partial charge in [-0.25, -0.2) is 17.7 Å². The third-order valence-electron chi connectivity index (χ3n) is 3.88. The molecule has 0 saturated carbocycles. The van der Waals surface area contributed by atoms with Gasteiger partial charge >= 0.3 is 0 Å². The van der Waals surface area contributed by atoms with Gasteiger partial charge in [0, 0.05) is 43.2 Å². The zero-order valence-corrected chi connectivity index (χ0v) is 13.2. The summed E-state index contributed by atoms with van der Waals surface area (Å²) in [6.45, 7) is 1.06. The molecule has 2 aromatic rings. The quantitative estimate of drug-likeness (QED) is 0.860. The zero-order valence-electron chi connectivity index (χ0n) is 12.4. The van der Waals surface area contributed by atoms with Crippen LogP contribution in [-0.2, 0) is 10.0 Å². The molecule has 116 valence electrons. The van der Waals surface area contributed by atoms with Gasteiger partial charge in [0.05, 0.1) is 23.8 Å². The Kier molecular flexibility index (Phi) is 4.17. The maximum atomic E-state index is 11.7. The molecular formula is C15H18N4O2S. The molecule has 6 nitrogen and oxygen atoms in total. The third kappa shape index (κ3) is 3.31. The SMILES string of the molecule is CS(=O)(=O)N1CCCC(c2cncc(-c3cccnc3)n2)C1. The third-order valence-corrected chi connectivity index (χ3v) is 5.15. The standard InChI is InChI=1S/C15H18N4O2S/c1-22(20,21)19-7-3-5-13(11-19)15-10-17-9-14(18-15)12-4-2-6-16-8-12/h2,4,6,8-10,13H,3,5,7,11H2,1H3. The summed E-state index contributed by atoms with van der Waals surface area (Å²) in [5, 5.41) is 0. The monoisotopic (exact) mass is 318 g/mol. The molecule has 1 unspecified atom stereocenters. The lowest BCUT2D eigenvalue weighted by atomic mass is 9.96. The predicted molar refractivity (Wildman–Crippen MR) is 83.7 cm³/mol. The summed E-state index contributed by atoms with van der Waals surface area (Å²) in [6.07, 6.45) is 9.93. The Morgan fingerprint density at radius 2 is 2.09 bits per heavy atom. The van der Waals surface area contributed by atoms with Gasteiger partial charge in [-0.15, -0.1) is 0 Å². The molecule has 0 aromatic carbocycles. The van der Waals surface area contributed by atoms with Crippen LogP contribution in [0.3, 0.4) is 0 Å². The number of aromatic nitrogens is 3. The summed E-state index contributed by atoms with van der Waals surface area (Å²) in [4.78, 5) is 13.0. The number of rotatable bonds is 3. The average molecular weight is 318 g/mol. The molecular weight excluding hydrogens is 300 g/mol. The Hall–Kier alpha value is -1.86. The Labute approximate surface area is 130 Å². The van der Waals surface area contributed by atoms with E-state index in [1.807, 2.05) is 12.1 Å². The van der Waals surface area contributed by atoms with Crippen LogP contribution in [0.2, 0.25) is 0 Å². The van der Waals surface area contributed by atoms with E-state index in [0.29, 0.717) is 13.1 Å². The molecule has 0 N–H and O–H groups in total. The predicted octanol–water partition coefficient (Wildman–Crippen LogP) is 1.68. The summed E-state index contributed by atoms with van der Waals surface area (Å²) >= 11 is 0. The van der Waals surface area contributed by atoms with E-state index < -0.39 is 10.0 Å². The fourth-order valence-corrected chi connectivity index (χ4v) is 3.63. The second-order valence-corrected chi connectivity index (χ2v) is 7.51. The van der Waals surface area contributed by atoms with Crippen LogP contribution in [0.15, 0.2) is 36.9 Å². The molecule has 0 amide bonds. The molecule has 1 fully saturated rings. The van der Waals surface area contributed by atoms with Gasteiger partial charge in [0.15, 0.2) is 0 Å². The average Bonchev–Trinajstić information content (AvgIpc) is 2.55. The lowest BCUT2D eigenvalue weighted by Crippen LogP contribution is -2.38. The Bertz CT molecular complexity index is 749. The van der Waals surface area contributed by atoms with Crippen LogP contribution in [0.5, 0.6) is 0 Å². The van der Waals surface area contributed by atoms with Gasteiger partial charge in [-0.1, -0.05) is 0 Å². The van der Waals surface area contributed by atoms with Gasteiger partial charge in [-0.05, 0) is 25.0 Å². The van der Waals surface area contributed by atoms with Crippen molar-refractivity contribution in [2.24, 2.45) is 0 Å². The zero-order chi connectivity index (χ0) is 15.6. The van der Waals surface area contributed by atoms with Crippen LogP contribution in [0.25, 0.3) is 11.3 Å². The second kappa shape index (κ2) is 6.10. The number of hydrogen-bond donors (Lipinski definition) is 0. The molecule has 0 aliphatic carbocycles. The van der Waals surface area contributed by atoms with E-state index in [9.17, 15) is 8.42 Å². The molecule has 3 heterocycles. The lowest BCUT2D eigenvalue weighted by molar-refractivity contribution is 0.314. The largest absolute Gasteiger partial charge is 0.264 e. The molecule has 2 aromatic heterocycles. The number of sulfonamides is 1. The first-order valence-electron chi connectivity index (χ1n) is 7.21. The van der Waals surface area contributed by atoms with E-state index in [0.717, 1.165) is 29.8 Å². The number of piperidine rings is 1. The van der Waals surface area contributed by atoms with Crippen molar-refractivity contribution in [1.82, 2.24) is 19.3 Å². The topological polar surface area (TPSA) is 76.1 Å². The number of pyridine rings is 1. The number of nitrogens with zero attached hydrogens (tertiary/aromatic N) is 4. The Balaban J connectivity index is 1.86. The molecule has 3 rings (SSSR count). The Morgan fingerprint density at radius 1 is 1.23 bits per heavy atom. The van der Waals surface area contributed by atoms with Gasteiger partial charge in [0.25, 0.3) is 0 Å². The van der Waals surface area contributed by atoms with Crippen molar-refractivity contribution in [3.63, 3.8) is 0 Å². The summed E-state index contributed by atoms with van der Waals surface area (Å²) in [5.41, 5.74) is 2.52. The molecule has 1 aliphatic rings. The van der Waals surface area contributed by atoms with Crippen molar-refractivity contribution in [3.8, 4) is 11.3 Å². The fraction of sp³-hybridized carbons (Fsp3) is 0.400. The molecule has 1 aliphatic heterocycles. The van der Waals surface area contributed by atoms with Gasteiger partial charge in [0.2, 0.25) is 10.0 Å². The summed E-state index contributed by atoms with van der Waals surface area (Å²) < 4.78 is 25.0. The summed E-state index contributed by atoms with van der Waals surface area (Å²) in [7, 11) is -3.15. The van der Waals surface area contributed by atoms with Crippen LogP contribution >= 0.6 is 0 Å². The fourth-order valence-electron chi connectivity index (χ4n) is 2.72. The van der Waals surface area contributed by atoms with Gasteiger partial charge < -0.3 is 0 Å².